The average Bonchev–Trinajstić information content (AvgIpc) is 1.97. The lowest BCUT2D eigenvalue weighted by Gasteiger charge is -2.24. The van der Waals surface area contributed by atoms with Crippen molar-refractivity contribution in [3.63, 3.8) is 0 Å². The highest BCUT2D eigenvalue weighted by Gasteiger charge is 2.14. The summed E-state index contributed by atoms with van der Waals surface area (Å²) in [5.41, 5.74) is -0.0187. The van der Waals surface area contributed by atoms with Crippen LogP contribution in [-0.2, 0) is 4.74 Å². The molecular weight excluding hydrogens is 148 g/mol. The zero-order chi connectivity index (χ0) is 9.78. The first-order valence-electron chi connectivity index (χ1n) is 4.63. The monoisotopic (exact) mass is 170 g/mol. The minimum Gasteiger partial charge on any atom is -0.376 e. The standard InChI is InChI=1S/C11H22O/c1-7-9(2)10(3)8-12-11(4,5)6/h7,9-10H,1,8H2,2-6H3/t9-,10-/m1/s1. The van der Waals surface area contributed by atoms with Gasteiger partial charge < -0.3 is 4.74 Å². The highest BCUT2D eigenvalue weighted by molar-refractivity contribution is 4.79. The molecule has 0 radical (unpaired) electrons. The smallest absolute Gasteiger partial charge is 0.0598 e. The Kier molecular flexibility index (Phi) is 4.54. The van der Waals surface area contributed by atoms with Gasteiger partial charge in [0.05, 0.1) is 12.2 Å². The average molecular weight is 170 g/mol. The molecule has 0 N–H and O–H groups in total. The van der Waals surface area contributed by atoms with E-state index in [1.807, 2.05) is 6.08 Å². The van der Waals surface area contributed by atoms with Gasteiger partial charge in [0, 0.05) is 0 Å². The summed E-state index contributed by atoms with van der Waals surface area (Å²) in [6.45, 7) is 15.2. The number of hydrogen-bond acceptors (Lipinski definition) is 1. The zero-order valence-corrected chi connectivity index (χ0v) is 9.05. The second-order valence-electron chi connectivity index (χ2n) is 4.50. The Morgan fingerprint density at radius 2 is 1.83 bits per heavy atom. The molecule has 1 heteroatoms. The molecule has 0 fully saturated rings. The molecule has 2 atom stereocenters. The van der Waals surface area contributed by atoms with Gasteiger partial charge in [-0.05, 0) is 32.6 Å². The largest absolute Gasteiger partial charge is 0.376 e. The van der Waals surface area contributed by atoms with Crippen molar-refractivity contribution in [2.75, 3.05) is 6.61 Å². The Morgan fingerprint density at radius 1 is 1.33 bits per heavy atom. The van der Waals surface area contributed by atoms with Crippen molar-refractivity contribution in [1.82, 2.24) is 0 Å². The van der Waals surface area contributed by atoms with Crippen LogP contribution >= 0.6 is 0 Å². The molecule has 0 rings (SSSR count). The van der Waals surface area contributed by atoms with Crippen LogP contribution in [0.25, 0.3) is 0 Å². The van der Waals surface area contributed by atoms with E-state index < -0.39 is 0 Å². The molecule has 12 heavy (non-hydrogen) atoms. The molecule has 0 aromatic rings. The van der Waals surface area contributed by atoms with Crippen molar-refractivity contribution in [1.29, 1.82) is 0 Å². The van der Waals surface area contributed by atoms with Crippen LogP contribution in [0, 0.1) is 11.8 Å². The van der Waals surface area contributed by atoms with Crippen LogP contribution in [0.3, 0.4) is 0 Å². The van der Waals surface area contributed by atoms with E-state index in [0.29, 0.717) is 11.8 Å². The van der Waals surface area contributed by atoms with Crippen LogP contribution in [-0.4, -0.2) is 12.2 Å². The van der Waals surface area contributed by atoms with Crippen LogP contribution in [0.5, 0.6) is 0 Å². The Morgan fingerprint density at radius 3 is 2.17 bits per heavy atom. The van der Waals surface area contributed by atoms with Gasteiger partial charge in [0.25, 0.3) is 0 Å². The molecule has 72 valence electrons. The van der Waals surface area contributed by atoms with Crippen molar-refractivity contribution in [2.45, 2.75) is 40.2 Å². The van der Waals surface area contributed by atoms with Crippen LogP contribution < -0.4 is 0 Å². The molecule has 0 spiro atoms. The third kappa shape index (κ3) is 5.36. The third-order valence-corrected chi connectivity index (χ3v) is 2.05. The number of ether oxygens (including phenoxy) is 1. The van der Waals surface area contributed by atoms with Gasteiger partial charge in [-0.25, -0.2) is 0 Å². The van der Waals surface area contributed by atoms with Crippen LogP contribution in [0.2, 0.25) is 0 Å². The molecule has 0 amide bonds. The van der Waals surface area contributed by atoms with Crippen LogP contribution in [0.1, 0.15) is 34.6 Å². The Bertz CT molecular complexity index is 132. The fourth-order valence-corrected chi connectivity index (χ4v) is 0.766. The molecular formula is C11H22O. The highest BCUT2D eigenvalue weighted by Crippen LogP contribution is 2.15. The predicted molar refractivity (Wildman–Crippen MR) is 54.2 cm³/mol. The van der Waals surface area contributed by atoms with Gasteiger partial charge in [0.1, 0.15) is 0 Å². The van der Waals surface area contributed by atoms with E-state index in [1.165, 1.54) is 0 Å². The second-order valence-corrected chi connectivity index (χ2v) is 4.50. The molecule has 0 aliphatic heterocycles. The van der Waals surface area contributed by atoms with Gasteiger partial charge in [-0.3, -0.25) is 0 Å². The quantitative estimate of drug-likeness (QED) is 0.588. The normalized spacial score (nSPS) is 17.1. The Hall–Kier alpha value is -0.300. The van der Waals surface area contributed by atoms with Crippen LogP contribution in [0.15, 0.2) is 12.7 Å². The van der Waals surface area contributed by atoms with E-state index in [0.717, 1.165) is 6.61 Å². The zero-order valence-electron chi connectivity index (χ0n) is 9.05. The first-order valence-corrected chi connectivity index (χ1v) is 4.63. The summed E-state index contributed by atoms with van der Waals surface area (Å²) in [5.74, 6) is 1.09. The molecule has 0 heterocycles. The lowest BCUT2D eigenvalue weighted by molar-refractivity contribution is -0.0244. The maximum Gasteiger partial charge on any atom is 0.0598 e. The van der Waals surface area contributed by atoms with Gasteiger partial charge in [-0.2, -0.15) is 0 Å². The molecule has 0 aliphatic carbocycles. The summed E-state index contributed by atoms with van der Waals surface area (Å²) < 4.78 is 5.67. The van der Waals surface area contributed by atoms with E-state index in [2.05, 4.69) is 41.2 Å². The molecule has 1 nitrogen and oxygen atoms in total. The van der Waals surface area contributed by atoms with Crippen molar-refractivity contribution in [2.24, 2.45) is 11.8 Å². The topological polar surface area (TPSA) is 9.23 Å². The maximum atomic E-state index is 5.67. The van der Waals surface area contributed by atoms with Gasteiger partial charge in [0.15, 0.2) is 0 Å². The number of allylic oxidation sites excluding steroid dienone is 1. The van der Waals surface area contributed by atoms with Crippen molar-refractivity contribution in [3.05, 3.63) is 12.7 Å². The summed E-state index contributed by atoms with van der Waals surface area (Å²) in [7, 11) is 0. The lowest BCUT2D eigenvalue weighted by atomic mass is 9.97. The summed E-state index contributed by atoms with van der Waals surface area (Å²) >= 11 is 0. The summed E-state index contributed by atoms with van der Waals surface area (Å²) in [4.78, 5) is 0. The SMILES string of the molecule is C=C[C@@H](C)[C@H](C)COC(C)(C)C. The van der Waals surface area contributed by atoms with Gasteiger partial charge in [0.2, 0.25) is 0 Å². The fraction of sp³-hybridized carbons (Fsp3) is 0.818. The maximum absolute atomic E-state index is 5.67. The summed E-state index contributed by atoms with van der Waals surface area (Å²) in [6.07, 6.45) is 1.98. The Balaban J connectivity index is 3.71. The fourth-order valence-electron chi connectivity index (χ4n) is 0.766. The van der Waals surface area contributed by atoms with Crippen molar-refractivity contribution >= 4 is 0 Å². The third-order valence-electron chi connectivity index (χ3n) is 2.05. The highest BCUT2D eigenvalue weighted by atomic mass is 16.5. The molecule has 0 saturated carbocycles. The van der Waals surface area contributed by atoms with E-state index >= 15 is 0 Å². The van der Waals surface area contributed by atoms with Crippen LogP contribution in [0.4, 0.5) is 0 Å². The van der Waals surface area contributed by atoms with E-state index in [-0.39, 0.29) is 5.60 Å². The predicted octanol–water partition coefficient (Wildman–Crippen LogP) is 3.26. The number of hydrogen-bond donors (Lipinski definition) is 0. The molecule has 0 aromatic carbocycles. The summed E-state index contributed by atoms with van der Waals surface area (Å²) in [6, 6.07) is 0. The van der Waals surface area contributed by atoms with Gasteiger partial charge >= 0.3 is 0 Å². The Labute approximate surface area is 76.8 Å². The van der Waals surface area contributed by atoms with Crippen molar-refractivity contribution in [3.8, 4) is 0 Å². The molecule has 0 bridgehead atoms. The molecule has 0 aliphatic rings. The minimum atomic E-state index is -0.0187. The minimum absolute atomic E-state index is 0.0187. The first-order chi connectivity index (χ1) is 5.37. The van der Waals surface area contributed by atoms with E-state index in [1.54, 1.807) is 0 Å². The summed E-state index contributed by atoms with van der Waals surface area (Å²) in [5, 5.41) is 0. The van der Waals surface area contributed by atoms with Gasteiger partial charge in [-0.1, -0.05) is 19.9 Å². The second kappa shape index (κ2) is 4.66. The lowest BCUT2D eigenvalue weighted by Crippen LogP contribution is -2.24. The van der Waals surface area contributed by atoms with Gasteiger partial charge in [-0.15, -0.1) is 6.58 Å². The van der Waals surface area contributed by atoms with E-state index in [4.69, 9.17) is 4.74 Å². The molecule has 0 aromatic heterocycles. The first kappa shape index (κ1) is 11.7. The van der Waals surface area contributed by atoms with Crippen molar-refractivity contribution < 1.29 is 4.74 Å². The number of rotatable bonds is 4. The molecule has 0 saturated heterocycles. The molecule has 0 unspecified atom stereocenters. The van der Waals surface area contributed by atoms with E-state index in [9.17, 15) is 0 Å².